The molecule has 0 radical (unpaired) electrons. The number of nitrogens with two attached hydrogens (primary N) is 1. The summed E-state index contributed by atoms with van der Waals surface area (Å²) in [7, 11) is 0. The Morgan fingerprint density at radius 3 is 3.00 bits per heavy atom. The van der Waals surface area contributed by atoms with E-state index >= 15 is 0 Å². The van der Waals surface area contributed by atoms with Crippen LogP contribution in [0.25, 0.3) is 0 Å². The largest absolute Gasteiger partial charge is 0.490 e. The van der Waals surface area contributed by atoms with E-state index in [9.17, 15) is 4.39 Å². The molecule has 0 bridgehead atoms. The SMILES string of the molecule is CC[C@H](C[C@H]1COC(N)=N1)Oc1ccc(Cl)c(F)c1. The number of nitrogens with zero attached hydrogens (tertiary/aromatic N) is 1. The lowest BCUT2D eigenvalue weighted by atomic mass is 10.1. The monoisotopic (exact) mass is 286 g/mol. The summed E-state index contributed by atoms with van der Waals surface area (Å²) in [6.07, 6.45) is 1.40. The van der Waals surface area contributed by atoms with Crippen molar-refractivity contribution in [2.24, 2.45) is 10.7 Å². The highest BCUT2D eigenvalue weighted by molar-refractivity contribution is 6.30. The van der Waals surface area contributed by atoms with Crippen molar-refractivity contribution in [2.45, 2.75) is 31.9 Å². The van der Waals surface area contributed by atoms with E-state index in [1.165, 1.54) is 12.1 Å². The lowest BCUT2D eigenvalue weighted by Gasteiger charge is -2.19. The molecule has 0 fully saturated rings. The Balaban J connectivity index is 1.96. The minimum absolute atomic E-state index is 0.00194. The maximum absolute atomic E-state index is 13.3. The fraction of sp³-hybridized carbons (Fsp3) is 0.462. The average Bonchev–Trinajstić information content (AvgIpc) is 2.78. The van der Waals surface area contributed by atoms with Gasteiger partial charge < -0.3 is 15.2 Å². The van der Waals surface area contributed by atoms with Crippen LogP contribution in [0.3, 0.4) is 0 Å². The first-order valence-electron chi connectivity index (χ1n) is 6.16. The van der Waals surface area contributed by atoms with Gasteiger partial charge in [-0.1, -0.05) is 18.5 Å². The highest BCUT2D eigenvalue weighted by Gasteiger charge is 2.22. The van der Waals surface area contributed by atoms with Gasteiger partial charge in [-0.05, 0) is 18.6 Å². The van der Waals surface area contributed by atoms with Gasteiger partial charge in [0.25, 0.3) is 6.02 Å². The Morgan fingerprint density at radius 1 is 1.63 bits per heavy atom. The predicted octanol–water partition coefficient (Wildman–Crippen LogP) is 2.74. The normalized spacial score (nSPS) is 19.7. The number of amidine groups is 1. The number of rotatable bonds is 5. The molecular weight excluding hydrogens is 271 g/mol. The smallest absolute Gasteiger partial charge is 0.282 e. The van der Waals surface area contributed by atoms with Crippen molar-refractivity contribution in [3.63, 3.8) is 0 Å². The van der Waals surface area contributed by atoms with E-state index in [4.69, 9.17) is 26.8 Å². The molecule has 1 aliphatic rings. The second kappa shape index (κ2) is 6.10. The van der Waals surface area contributed by atoms with Gasteiger partial charge in [0.2, 0.25) is 0 Å². The second-order valence-corrected chi connectivity index (χ2v) is 4.80. The maximum Gasteiger partial charge on any atom is 0.282 e. The number of aliphatic imine (C=N–C) groups is 1. The third-order valence-corrected chi connectivity index (χ3v) is 3.22. The van der Waals surface area contributed by atoms with E-state index < -0.39 is 5.82 Å². The van der Waals surface area contributed by atoms with Crippen LogP contribution in [-0.2, 0) is 4.74 Å². The Hall–Kier alpha value is -1.49. The molecule has 0 spiro atoms. The van der Waals surface area contributed by atoms with Gasteiger partial charge >= 0.3 is 0 Å². The van der Waals surface area contributed by atoms with Crippen molar-refractivity contribution in [3.8, 4) is 5.75 Å². The number of ether oxygens (including phenoxy) is 2. The third kappa shape index (κ3) is 3.73. The first-order chi connectivity index (χ1) is 9.08. The molecule has 1 aromatic carbocycles. The highest BCUT2D eigenvalue weighted by atomic mass is 35.5. The minimum Gasteiger partial charge on any atom is -0.490 e. The number of benzene rings is 1. The fourth-order valence-corrected chi connectivity index (χ4v) is 2.02. The average molecular weight is 287 g/mol. The molecular formula is C13H16ClFN2O2. The molecule has 0 saturated carbocycles. The molecule has 0 amide bonds. The van der Waals surface area contributed by atoms with Gasteiger partial charge in [-0.3, -0.25) is 0 Å². The van der Waals surface area contributed by atoms with Gasteiger partial charge in [0.1, 0.15) is 24.3 Å². The van der Waals surface area contributed by atoms with Gasteiger partial charge in [-0.25, -0.2) is 9.38 Å². The van der Waals surface area contributed by atoms with E-state index in [1.54, 1.807) is 6.07 Å². The van der Waals surface area contributed by atoms with Gasteiger partial charge in [-0.15, -0.1) is 0 Å². The van der Waals surface area contributed by atoms with Crippen LogP contribution in [0, 0.1) is 5.82 Å². The molecule has 4 nitrogen and oxygen atoms in total. The third-order valence-electron chi connectivity index (χ3n) is 2.92. The van der Waals surface area contributed by atoms with Crippen LogP contribution in [0.2, 0.25) is 5.02 Å². The number of hydrogen-bond donors (Lipinski definition) is 1. The van der Waals surface area contributed by atoms with Crippen LogP contribution in [0.1, 0.15) is 19.8 Å². The van der Waals surface area contributed by atoms with E-state index in [1.807, 2.05) is 6.92 Å². The zero-order valence-electron chi connectivity index (χ0n) is 10.6. The molecule has 2 N–H and O–H groups in total. The summed E-state index contributed by atoms with van der Waals surface area (Å²) in [4.78, 5) is 4.15. The Morgan fingerprint density at radius 2 is 2.42 bits per heavy atom. The summed E-state index contributed by atoms with van der Waals surface area (Å²) in [5, 5.41) is 0.0852. The van der Waals surface area contributed by atoms with Crippen molar-refractivity contribution in [1.29, 1.82) is 0 Å². The summed E-state index contributed by atoms with van der Waals surface area (Å²) < 4.78 is 24.1. The molecule has 0 aromatic heterocycles. The zero-order chi connectivity index (χ0) is 13.8. The Kier molecular flexibility index (Phi) is 4.47. The lowest BCUT2D eigenvalue weighted by Crippen LogP contribution is -2.22. The molecule has 6 heteroatoms. The van der Waals surface area contributed by atoms with E-state index in [0.29, 0.717) is 18.8 Å². The molecule has 1 aromatic rings. The van der Waals surface area contributed by atoms with Gasteiger partial charge in [0.15, 0.2) is 0 Å². The molecule has 0 saturated heterocycles. The van der Waals surface area contributed by atoms with Crippen LogP contribution < -0.4 is 10.5 Å². The molecule has 0 aliphatic carbocycles. The Labute approximate surface area is 116 Å². The number of hydrogen-bond acceptors (Lipinski definition) is 4. The standard InChI is InChI=1S/C13H16ClFN2O2/c1-2-9(5-8-7-18-13(16)17-8)19-10-3-4-11(14)12(15)6-10/h3-4,6,8-9H,2,5,7H2,1H3,(H2,16,17)/t8-,9+/m0/s1. The topological polar surface area (TPSA) is 56.8 Å². The highest BCUT2D eigenvalue weighted by Crippen LogP contribution is 2.23. The first kappa shape index (κ1) is 13.9. The molecule has 1 heterocycles. The van der Waals surface area contributed by atoms with Crippen LogP contribution in [0.5, 0.6) is 5.75 Å². The first-order valence-corrected chi connectivity index (χ1v) is 6.54. The molecule has 19 heavy (non-hydrogen) atoms. The molecule has 104 valence electrons. The Bertz CT molecular complexity index is 482. The van der Waals surface area contributed by atoms with Crippen molar-refractivity contribution >= 4 is 17.6 Å². The summed E-state index contributed by atoms with van der Waals surface area (Å²) in [5.41, 5.74) is 5.45. The summed E-state index contributed by atoms with van der Waals surface area (Å²) in [6, 6.07) is 4.64. The predicted molar refractivity (Wildman–Crippen MR) is 72.1 cm³/mol. The minimum atomic E-state index is -0.486. The fourth-order valence-electron chi connectivity index (χ4n) is 1.90. The van der Waals surface area contributed by atoms with Gasteiger partial charge in [0.05, 0.1) is 11.1 Å². The summed E-state index contributed by atoms with van der Waals surface area (Å²) in [6.45, 7) is 2.47. The van der Waals surface area contributed by atoms with E-state index in [0.717, 1.165) is 6.42 Å². The molecule has 1 aliphatic heterocycles. The number of halogens is 2. The quantitative estimate of drug-likeness (QED) is 0.905. The zero-order valence-corrected chi connectivity index (χ0v) is 11.4. The summed E-state index contributed by atoms with van der Waals surface area (Å²) in [5.74, 6) is -0.0231. The van der Waals surface area contributed by atoms with Crippen molar-refractivity contribution in [3.05, 3.63) is 29.0 Å². The van der Waals surface area contributed by atoms with E-state index in [2.05, 4.69) is 4.99 Å². The molecule has 2 atom stereocenters. The lowest BCUT2D eigenvalue weighted by molar-refractivity contribution is 0.168. The van der Waals surface area contributed by atoms with Crippen LogP contribution >= 0.6 is 11.6 Å². The van der Waals surface area contributed by atoms with Gasteiger partial charge in [-0.2, -0.15) is 0 Å². The van der Waals surface area contributed by atoms with Gasteiger partial charge in [0, 0.05) is 12.5 Å². The molecule has 0 unspecified atom stereocenters. The van der Waals surface area contributed by atoms with Crippen LogP contribution in [-0.4, -0.2) is 24.8 Å². The van der Waals surface area contributed by atoms with Crippen molar-refractivity contribution in [2.75, 3.05) is 6.61 Å². The van der Waals surface area contributed by atoms with Crippen molar-refractivity contribution in [1.82, 2.24) is 0 Å². The summed E-state index contributed by atoms with van der Waals surface area (Å²) >= 11 is 5.63. The maximum atomic E-state index is 13.3. The van der Waals surface area contributed by atoms with E-state index in [-0.39, 0.29) is 23.2 Å². The van der Waals surface area contributed by atoms with Crippen LogP contribution in [0.15, 0.2) is 23.2 Å². The van der Waals surface area contributed by atoms with Crippen molar-refractivity contribution < 1.29 is 13.9 Å². The van der Waals surface area contributed by atoms with Crippen LogP contribution in [0.4, 0.5) is 4.39 Å². The molecule has 2 rings (SSSR count). The second-order valence-electron chi connectivity index (χ2n) is 4.39.